The fraction of sp³-hybridized carbons (Fsp3) is 0.125. The Morgan fingerprint density at radius 2 is 1.86 bits per heavy atom. The quantitative estimate of drug-likeness (QED) is 0.718. The van der Waals surface area contributed by atoms with E-state index in [-0.39, 0.29) is 31.8 Å². The van der Waals surface area contributed by atoms with Crippen molar-refractivity contribution in [3.8, 4) is 0 Å². The van der Waals surface area contributed by atoms with Gasteiger partial charge in [-0.15, -0.1) is 0 Å². The van der Waals surface area contributed by atoms with Crippen molar-refractivity contribution in [1.29, 1.82) is 0 Å². The summed E-state index contributed by atoms with van der Waals surface area (Å²) in [6.07, 6.45) is -4.49. The molecule has 0 bridgehead atoms. The number of hydrogen-bond donors (Lipinski definition) is 1. The monoisotopic (exact) mass is 402 g/mol. The zero-order chi connectivity index (χ0) is 10.1. The van der Waals surface area contributed by atoms with E-state index < -0.39 is 17.7 Å². The molecule has 0 atom stereocenters. The van der Waals surface area contributed by atoms with Gasteiger partial charge in [0.2, 0.25) is 0 Å². The normalized spacial score (nSPS) is 10.5. The molecule has 0 saturated heterocycles. The molecular weight excluding hydrogens is 394 g/mol. The van der Waals surface area contributed by atoms with Crippen LogP contribution in [0.2, 0.25) is 0 Å². The minimum absolute atomic E-state index is 0. The molecule has 0 aliphatic rings. The van der Waals surface area contributed by atoms with Crippen molar-refractivity contribution in [3.63, 3.8) is 0 Å². The molecule has 1 aromatic rings. The molecular formula is C8H8BiF3O2. The maximum absolute atomic E-state index is 12.0. The average Bonchev–Trinajstić information content (AvgIpc) is 2.03. The summed E-state index contributed by atoms with van der Waals surface area (Å²) >= 11 is 0. The SMILES string of the molecule is O=C(O)c1cccc(C(F)(F)F)c1.[BiH3]. The van der Waals surface area contributed by atoms with Gasteiger partial charge in [0, 0.05) is 0 Å². The molecule has 0 spiro atoms. The van der Waals surface area contributed by atoms with Crippen LogP contribution in [0.1, 0.15) is 15.9 Å². The number of benzene rings is 1. The van der Waals surface area contributed by atoms with E-state index in [0.29, 0.717) is 6.07 Å². The summed E-state index contributed by atoms with van der Waals surface area (Å²) in [6.45, 7) is 0. The number of carboxylic acid groups (broad SMARTS) is 1. The van der Waals surface area contributed by atoms with E-state index in [2.05, 4.69) is 0 Å². The molecule has 0 radical (unpaired) electrons. The van der Waals surface area contributed by atoms with Gasteiger partial charge in [0.15, 0.2) is 0 Å². The van der Waals surface area contributed by atoms with E-state index in [1.165, 1.54) is 0 Å². The summed E-state index contributed by atoms with van der Waals surface area (Å²) in [5.74, 6) is -1.37. The topological polar surface area (TPSA) is 37.3 Å². The van der Waals surface area contributed by atoms with Crippen molar-refractivity contribution >= 4 is 32.2 Å². The Labute approximate surface area is 96.9 Å². The van der Waals surface area contributed by atoms with Gasteiger partial charge in [-0.1, -0.05) is 6.07 Å². The molecule has 0 aliphatic carbocycles. The molecule has 1 N–H and O–H groups in total. The van der Waals surface area contributed by atoms with Crippen molar-refractivity contribution in [2.45, 2.75) is 6.18 Å². The Bertz CT molecular complexity index is 336. The zero-order valence-electron chi connectivity index (χ0n) is 7.01. The van der Waals surface area contributed by atoms with Crippen molar-refractivity contribution in [3.05, 3.63) is 35.4 Å². The van der Waals surface area contributed by atoms with Crippen LogP contribution < -0.4 is 0 Å². The third kappa shape index (κ3) is 3.25. The van der Waals surface area contributed by atoms with Gasteiger partial charge in [-0.2, -0.15) is 13.2 Å². The van der Waals surface area contributed by atoms with Crippen LogP contribution in [0.15, 0.2) is 24.3 Å². The van der Waals surface area contributed by atoms with E-state index in [9.17, 15) is 18.0 Å². The number of hydrogen-bond acceptors (Lipinski definition) is 1. The number of rotatable bonds is 1. The molecule has 0 heterocycles. The Balaban J connectivity index is 0.00000169. The third-order valence-corrected chi connectivity index (χ3v) is 1.44. The second kappa shape index (κ2) is 4.73. The van der Waals surface area contributed by atoms with E-state index in [0.717, 1.165) is 18.2 Å². The van der Waals surface area contributed by atoms with Crippen LogP contribution in [0.3, 0.4) is 0 Å². The summed E-state index contributed by atoms with van der Waals surface area (Å²) < 4.78 is 36.1. The molecule has 78 valence electrons. The summed E-state index contributed by atoms with van der Waals surface area (Å²) in [6, 6.07) is 3.60. The fourth-order valence-electron chi connectivity index (χ4n) is 0.829. The van der Waals surface area contributed by atoms with Crippen molar-refractivity contribution < 1.29 is 23.1 Å². The summed E-state index contributed by atoms with van der Waals surface area (Å²) in [4.78, 5) is 10.3. The van der Waals surface area contributed by atoms with Crippen LogP contribution in [0.5, 0.6) is 0 Å². The second-order valence-corrected chi connectivity index (χ2v) is 2.38. The first-order chi connectivity index (χ1) is 5.91. The Morgan fingerprint density at radius 1 is 1.29 bits per heavy atom. The molecule has 0 unspecified atom stereocenters. The number of alkyl halides is 3. The molecule has 6 heteroatoms. The zero-order valence-corrected chi connectivity index (χ0v) is 12.5. The van der Waals surface area contributed by atoms with Crippen molar-refractivity contribution in [2.75, 3.05) is 0 Å². The van der Waals surface area contributed by atoms with Gasteiger partial charge < -0.3 is 5.11 Å². The van der Waals surface area contributed by atoms with Crippen LogP contribution >= 0.6 is 0 Å². The molecule has 0 fully saturated rings. The van der Waals surface area contributed by atoms with E-state index >= 15 is 0 Å². The molecule has 0 aromatic heterocycles. The van der Waals surface area contributed by atoms with Gasteiger partial charge in [0.1, 0.15) is 0 Å². The molecule has 1 rings (SSSR count). The first kappa shape index (κ1) is 13.4. The Hall–Kier alpha value is -0.637. The first-order valence-electron chi connectivity index (χ1n) is 3.32. The fourth-order valence-corrected chi connectivity index (χ4v) is 0.829. The van der Waals surface area contributed by atoms with Gasteiger partial charge in [-0.25, -0.2) is 4.79 Å². The second-order valence-electron chi connectivity index (χ2n) is 2.38. The van der Waals surface area contributed by atoms with Crippen LogP contribution in [-0.4, -0.2) is 37.3 Å². The standard InChI is InChI=1S/C8H5F3O2.Bi.3H/c9-8(10,11)6-3-1-2-5(4-6)7(12)13;;;;/h1-4H,(H,12,13);;;;. The van der Waals surface area contributed by atoms with Gasteiger partial charge >= 0.3 is 38.3 Å². The number of halogens is 3. The Kier molecular flexibility index (Phi) is 4.52. The molecule has 2 nitrogen and oxygen atoms in total. The molecule has 1 aromatic carbocycles. The predicted molar refractivity (Wildman–Crippen MR) is 48.3 cm³/mol. The molecule has 0 amide bonds. The van der Waals surface area contributed by atoms with E-state index in [4.69, 9.17) is 5.11 Å². The summed E-state index contributed by atoms with van der Waals surface area (Å²) in [5.41, 5.74) is -1.32. The van der Waals surface area contributed by atoms with Crippen LogP contribution in [0, 0.1) is 0 Å². The predicted octanol–water partition coefficient (Wildman–Crippen LogP) is 1.22. The van der Waals surface area contributed by atoms with Gasteiger partial charge in [-0.05, 0) is 18.2 Å². The maximum atomic E-state index is 12.0. The minimum atomic E-state index is -4.49. The molecule has 0 saturated carbocycles. The summed E-state index contributed by atoms with van der Waals surface area (Å²) in [5, 5.41) is 8.41. The third-order valence-electron chi connectivity index (χ3n) is 1.44. The number of aromatic carboxylic acids is 1. The van der Waals surface area contributed by atoms with Crippen molar-refractivity contribution in [2.24, 2.45) is 0 Å². The van der Waals surface area contributed by atoms with Crippen molar-refractivity contribution in [1.82, 2.24) is 0 Å². The molecule has 14 heavy (non-hydrogen) atoms. The summed E-state index contributed by atoms with van der Waals surface area (Å²) in [7, 11) is 0. The van der Waals surface area contributed by atoms with E-state index in [1.54, 1.807) is 0 Å². The van der Waals surface area contributed by atoms with Gasteiger partial charge in [-0.3, -0.25) is 0 Å². The number of carbonyl (C=O) groups is 1. The van der Waals surface area contributed by atoms with Crippen LogP contribution in [0.25, 0.3) is 0 Å². The number of carboxylic acids is 1. The van der Waals surface area contributed by atoms with Crippen LogP contribution in [0.4, 0.5) is 13.2 Å². The van der Waals surface area contributed by atoms with Gasteiger partial charge in [0.05, 0.1) is 11.1 Å². The first-order valence-corrected chi connectivity index (χ1v) is 3.32. The Morgan fingerprint density at radius 3 is 2.29 bits per heavy atom. The van der Waals surface area contributed by atoms with Gasteiger partial charge in [0.25, 0.3) is 0 Å². The van der Waals surface area contributed by atoms with E-state index in [1.807, 2.05) is 0 Å². The average molecular weight is 402 g/mol. The molecule has 0 aliphatic heterocycles. The van der Waals surface area contributed by atoms with Crippen LogP contribution in [-0.2, 0) is 6.18 Å².